The zero-order valence-corrected chi connectivity index (χ0v) is 65.8. The number of hydrogen-bond acceptors (Lipinski definition) is 0. The maximum atomic E-state index is 2.65. The maximum absolute atomic E-state index is 2.65. The molecule has 20 rings (SSSR count). The van der Waals surface area contributed by atoms with Crippen molar-refractivity contribution in [1.82, 2.24) is 0 Å². The number of benzene rings is 14. The minimum atomic E-state index is -0.269. The molecule has 0 atom stereocenters. The lowest BCUT2D eigenvalue weighted by molar-refractivity contribution is 0.579. The lowest BCUT2D eigenvalue weighted by Crippen LogP contribution is -2.19. The highest BCUT2D eigenvalue weighted by Crippen LogP contribution is 2.68. The van der Waals surface area contributed by atoms with Gasteiger partial charge in [0.1, 0.15) is 0 Å². The minimum absolute atomic E-state index is 0.0176. The average Bonchev–Trinajstić information content (AvgIpc) is 1.49. The summed E-state index contributed by atoms with van der Waals surface area (Å²) < 4.78 is 0. The second-order valence-electron chi connectivity index (χ2n) is 38.7. The second-order valence-corrected chi connectivity index (χ2v) is 38.7. The Balaban J connectivity index is 0.951. The molecule has 520 valence electrons. The molecule has 0 heterocycles. The van der Waals surface area contributed by atoms with E-state index < -0.39 is 0 Å². The lowest BCUT2D eigenvalue weighted by Gasteiger charge is -2.29. The topological polar surface area (TPSA) is 0 Å². The summed E-state index contributed by atoms with van der Waals surface area (Å²) in [7, 11) is 0. The molecule has 14 aromatic carbocycles. The van der Waals surface area contributed by atoms with E-state index in [2.05, 4.69) is 357 Å². The van der Waals surface area contributed by atoms with Crippen molar-refractivity contribution in [2.45, 2.75) is 182 Å². The lowest BCUT2D eigenvalue weighted by atomic mass is 9.74. The number of rotatable bonds is 4. The van der Waals surface area contributed by atoms with Crippen LogP contribution in [0.2, 0.25) is 0 Å². The van der Waals surface area contributed by atoms with E-state index in [1.165, 1.54) is 233 Å². The van der Waals surface area contributed by atoms with E-state index in [0.717, 1.165) is 0 Å². The number of fused-ring (bicyclic) bond motifs is 20. The van der Waals surface area contributed by atoms with Gasteiger partial charge in [-0.25, -0.2) is 0 Å². The summed E-state index contributed by atoms with van der Waals surface area (Å²) in [6.07, 6.45) is 0. The number of hydrogen-bond donors (Lipinski definition) is 0. The van der Waals surface area contributed by atoms with Gasteiger partial charge in [0.15, 0.2) is 0 Å². The standard InChI is InChI=1S/C106H96/c1-99(2,3)59-39-43-71-83(53-59)105(17,18)85-55-61(101(7,8)9)51-77(89(71)85)91-69-33-23-24-34-70(69)92(78-52-62(102(10,11)12)56-86-90(78)72-44-40-60(100(4,5)6)54-84(72)106(86,19)20)98-76-48-46-74-93-73(45-47-75(94(76)93)97(91)98)95-87(57-37-41-65-63-29-25-27-35-79(63)103(13,14)81(65)49-57)67-31-21-22-32-68(67)88(96(74)95)58-38-42-66-64-30-26-28-36-80(64)104(15,16)82(66)50-58/h21-56H,1-20H3. The van der Waals surface area contributed by atoms with Crippen LogP contribution >= 0.6 is 0 Å². The molecular weight excluding hydrogens is 1270 g/mol. The van der Waals surface area contributed by atoms with Crippen molar-refractivity contribution in [2.75, 3.05) is 0 Å². The second kappa shape index (κ2) is 20.9. The van der Waals surface area contributed by atoms with E-state index in [0.29, 0.717) is 0 Å². The van der Waals surface area contributed by atoms with E-state index in [1.807, 2.05) is 0 Å². The molecule has 6 aliphatic carbocycles. The Morgan fingerprint density at radius 3 is 0.792 bits per heavy atom. The van der Waals surface area contributed by atoms with Gasteiger partial charge in [-0.05, 0) is 279 Å². The first-order chi connectivity index (χ1) is 50.2. The van der Waals surface area contributed by atoms with Gasteiger partial charge in [-0.2, -0.15) is 0 Å². The first-order valence-electron chi connectivity index (χ1n) is 39.1. The normalized spacial score (nSPS) is 15.8. The van der Waals surface area contributed by atoms with Crippen LogP contribution < -0.4 is 0 Å². The van der Waals surface area contributed by atoms with Crippen molar-refractivity contribution in [3.05, 3.63) is 285 Å². The quantitative estimate of drug-likeness (QED) is 0.165. The molecule has 0 heteroatoms. The Morgan fingerprint density at radius 2 is 0.443 bits per heavy atom. The van der Waals surface area contributed by atoms with E-state index in [4.69, 9.17) is 0 Å². The molecule has 106 heavy (non-hydrogen) atoms. The largest absolute Gasteiger partial charge is 0.0619 e. The summed E-state index contributed by atoms with van der Waals surface area (Å²) in [6, 6.07) is 88.3. The van der Waals surface area contributed by atoms with Crippen LogP contribution in [0.4, 0.5) is 0 Å². The van der Waals surface area contributed by atoms with E-state index in [-0.39, 0.29) is 43.3 Å². The van der Waals surface area contributed by atoms with Crippen molar-refractivity contribution in [3.63, 3.8) is 0 Å². The predicted octanol–water partition coefficient (Wildman–Crippen LogP) is 29.5. The molecule has 0 aliphatic heterocycles. The van der Waals surface area contributed by atoms with Crippen LogP contribution in [0.3, 0.4) is 0 Å². The first-order valence-corrected chi connectivity index (χ1v) is 39.1. The van der Waals surface area contributed by atoms with Crippen molar-refractivity contribution in [3.8, 4) is 134 Å². The van der Waals surface area contributed by atoms with Crippen molar-refractivity contribution in [2.24, 2.45) is 0 Å². The molecule has 6 aliphatic rings. The third kappa shape index (κ3) is 8.54. The summed E-state index contributed by atoms with van der Waals surface area (Å²) in [5.74, 6) is 0. The minimum Gasteiger partial charge on any atom is -0.0619 e. The van der Waals surface area contributed by atoms with Crippen molar-refractivity contribution < 1.29 is 0 Å². The van der Waals surface area contributed by atoms with Gasteiger partial charge in [0.25, 0.3) is 0 Å². The highest BCUT2D eigenvalue weighted by atomic mass is 14.5. The Kier molecular flexibility index (Phi) is 12.9. The monoisotopic (exact) mass is 1370 g/mol. The van der Waals surface area contributed by atoms with Gasteiger partial charge in [0, 0.05) is 21.7 Å². The fourth-order valence-electron chi connectivity index (χ4n) is 21.1. The van der Waals surface area contributed by atoms with Gasteiger partial charge in [-0.3, -0.25) is 0 Å². The smallest absolute Gasteiger partial charge is 0.0159 e. The Labute approximate surface area is 628 Å². The van der Waals surface area contributed by atoms with Crippen LogP contribution in [0, 0.1) is 0 Å². The third-order valence-electron chi connectivity index (χ3n) is 27.0. The van der Waals surface area contributed by atoms with Gasteiger partial charge < -0.3 is 0 Å². The fourth-order valence-corrected chi connectivity index (χ4v) is 21.1. The fraction of sp³-hybridized carbons (Fsp3) is 0.264. The van der Waals surface area contributed by atoms with E-state index >= 15 is 0 Å². The molecule has 0 nitrogen and oxygen atoms in total. The maximum Gasteiger partial charge on any atom is 0.0159 e. The van der Waals surface area contributed by atoms with Crippen LogP contribution in [-0.4, -0.2) is 0 Å². The molecule has 0 bridgehead atoms. The van der Waals surface area contributed by atoms with Crippen LogP contribution in [-0.2, 0) is 43.3 Å². The molecule has 14 aromatic rings. The molecule has 0 saturated heterocycles. The highest BCUT2D eigenvalue weighted by molar-refractivity contribution is 6.36. The molecular formula is C106H96. The Hall–Kier alpha value is -10.1. The predicted molar refractivity (Wildman–Crippen MR) is 455 cm³/mol. The van der Waals surface area contributed by atoms with Crippen molar-refractivity contribution >= 4 is 32.3 Å². The molecule has 0 saturated carbocycles. The molecule has 0 aromatic heterocycles. The van der Waals surface area contributed by atoms with Gasteiger partial charge >= 0.3 is 0 Å². The molecule has 0 N–H and O–H groups in total. The zero-order valence-electron chi connectivity index (χ0n) is 65.8. The summed E-state index contributed by atoms with van der Waals surface area (Å²) >= 11 is 0. The highest BCUT2D eigenvalue weighted by Gasteiger charge is 2.46. The summed E-state index contributed by atoms with van der Waals surface area (Å²) in [5, 5.41) is 7.85. The third-order valence-corrected chi connectivity index (χ3v) is 27.0. The van der Waals surface area contributed by atoms with Crippen LogP contribution in [0.25, 0.3) is 166 Å². The zero-order chi connectivity index (χ0) is 73.7. The van der Waals surface area contributed by atoms with Gasteiger partial charge in [-0.1, -0.05) is 333 Å². The molecule has 0 spiro atoms. The van der Waals surface area contributed by atoms with Gasteiger partial charge in [0.05, 0.1) is 0 Å². The average molecular weight is 1370 g/mol. The summed E-state index contributed by atoms with van der Waals surface area (Å²) in [5.41, 5.74) is 47.3. The molecule has 0 amide bonds. The van der Waals surface area contributed by atoms with E-state index in [9.17, 15) is 0 Å². The van der Waals surface area contributed by atoms with Crippen LogP contribution in [0.5, 0.6) is 0 Å². The Bertz CT molecular complexity index is 6000. The van der Waals surface area contributed by atoms with Crippen molar-refractivity contribution in [1.29, 1.82) is 0 Å². The van der Waals surface area contributed by atoms with Gasteiger partial charge in [0.2, 0.25) is 0 Å². The molecule has 0 fully saturated rings. The van der Waals surface area contributed by atoms with Gasteiger partial charge in [-0.15, -0.1) is 0 Å². The molecule has 0 unspecified atom stereocenters. The molecule has 0 radical (unpaired) electrons. The summed E-state index contributed by atoms with van der Waals surface area (Å²) in [6.45, 7) is 48.5. The van der Waals surface area contributed by atoms with E-state index in [1.54, 1.807) is 0 Å². The summed E-state index contributed by atoms with van der Waals surface area (Å²) in [4.78, 5) is 0. The Morgan fingerprint density at radius 1 is 0.179 bits per heavy atom. The SMILES string of the molecule is CC(C)(C)c1ccc2c(c1)C(C)(C)c1cc(C(C)(C)C)cc(-c3c4c(c(-c5cc(C(C)(C)C)cc6c5-c5ccc(C(C)(C)C)cc5C6(C)C)c5ccccc35)-c3ccc5c6c(ccc-4c36)-c3c-5c(-c4ccc5c(c4)C(C)(C)c4ccccc4-5)c4ccccc4c3-c3ccc4c(c3)C(C)(C)c3ccccc3-4)c1-2. The first kappa shape index (κ1) is 65.4. The van der Waals surface area contributed by atoms with Crippen LogP contribution in [0.1, 0.15) is 205 Å². The van der Waals surface area contributed by atoms with Crippen LogP contribution in [0.15, 0.2) is 218 Å².